The van der Waals surface area contributed by atoms with E-state index in [4.69, 9.17) is 5.14 Å². The Morgan fingerprint density at radius 1 is 1.14 bits per heavy atom. The van der Waals surface area contributed by atoms with E-state index in [1.54, 1.807) is 0 Å². The first-order valence-electron chi connectivity index (χ1n) is 13.3. The van der Waals surface area contributed by atoms with Crippen LogP contribution in [0.2, 0.25) is 0 Å². The lowest BCUT2D eigenvalue weighted by atomic mass is 9.77. The topological polar surface area (TPSA) is 130 Å². The summed E-state index contributed by atoms with van der Waals surface area (Å²) in [6, 6.07) is 0.164. The Kier molecular flexibility index (Phi) is 9.60. The molecule has 3 saturated heterocycles. The van der Waals surface area contributed by atoms with Crippen LogP contribution in [0.5, 0.6) is 0 Å². The van der Waals surface area contributed by atoms with Crippen molar-refractivity contribution in [3.63, 3.8) is 0 Å². The molecule has 3 heterocycles. The Balaban J connectivity index is 1.69. The van der Waals surface area contributed by atoms with Gasteiger partial charge in [0, 0.05) is 51.0 Å². The molecule has 3 fully saturated rings. The molecule has 0 radical (unpaired) electrons. The number of likely N-dealkylation sites (tertiary alicyclic amines) is 1. The fourth-order valence-electron chi connectivity index (χ4n) is 6.09. The summed E-state index contributed by atoms with van der Waals surface area (Å²) in [5.41, 5.74) is 0. The number of primary sulfonamides is 1. The Labute approximate surface area is 210 Å². The minimum absolute atomic E-state index is 0.0282. The van der Waals surface area contributed by atoms with Crippen LogP contribution in [0.4, 0.5) is 0 Å². The number of nitrogens with two attached hydrogens (primary N) is 1. The monoisotopic (exact) mass is 512 g/mol. The molecule has 3 aliphatic heterocycles. The Hall–Kier alpha value is -1.68. The molecule has 3 amide bonds. The van der Waals surface area contributed by atoms with Gasteiger partial charge in [0.1, 0.15) is 0 Å². The highest BCUT2D eigenvalue weighted by atomic mass is 32.2. The highest BCUT2D eigenvalue weighted by Gasteiger charge is 2.43. The summed E-state index contributed by atoms with van der Waals surface area (Å²) in [6.07, 6.45) is 5.59. The molecule has 3 rings (SSSR count). The Morgan fingerprint density at radius 2 is 1.89 bits per heavy atom. The van der Waals surface area contributed by atoms with Gasteiger partial charge < -0.3 is 15.1 Å². The number of fused-ring (bicyclic) bond motifs is 4. The zero-order valence-electron chi connectivity index (χ0n) is 21.6. The molecule has 0 aromatic rings. The van der Waals surface area contributed by atoms with E-state index >= 15 is 0 Å². The summed E-state index contributed by atoms with van der Waals surface area (Å²) in [4.78, 5) is 42.8. The van der Waals surface area contributed by atoms with Gasteiger partial charge in [-0.05, 0) is 62.2 Å². The minimum atomic E-state index is -3.57. The summed E-state index contributed by atoms with van der Waals surface area (Å²) < 4.78 is 22.4. The molecule has 10 heteroatoms. The average molecular weight is 513 g/mol. The normalized spacial score (nSPS) is 31.2. The zero-order valence-corrected chi connectivity index (χ0v) is 22.4. The maximum atomic E-state index is 13.4. The van der Waals surface area contributed by atoms with Crippen molar-refractivity contribution in [1.29, 1.82) is 0 Å². The van der Waals surface area contributed by atoms with Crippen LogP contribution in [0.15, 0.2) is 0 Å². The van der Waals surface area contributed by atoms with Crippen molar-refractivity contribution in [2.45, 2.75) is 90.6 Å². The van der Waals surface area contributed by atoms with Crippen LogP contribution in [0.1, 0.15) is 78.6 Å². The van der Waals surface area contributed by atoms with Crippen LogP contribution in [0, 0.1) is 23.7 Å². The molecule has 35 heavy (non-hydrogen) atoms. The smallest absolute Gasteiger partial charge is 0.223 e. The van der Waals surface area contributed by atoms with Gasteiger partial charge in [0.25, 0.3) is 0 Å². The second kappa shape index (κ2) is 12.0. The number of hydrogen-bond donors (Lipinski definition) is 2. The van der Waals surface area contributed by atoms with Crippen molar-refractivity contribution in [2.24, 2.45) is 28.8 Å². The summed E-state index contributed by atoms with van der Waals surface area (Å²) in [7, 11) is -3.57. The quantitative estimate of drug-likeness (QED) is 0.581. The third-order valence-electron chi connectivity index (χ3n) is 8.01. The van der Waals surface area contributed by atoms with Gasteiger partial charge in [-0.15, -0.1) is 0 Å². The number of amides is 3. The van der Waals surface area contributed by atoms with Gasteiger partial charge in [0.05, 0.1) is 5.75 Å². The number of rotatable bonds is 5. The molecule has 200 valence electrons. The van der Waals surface area contributed by atoms with Crippen LogP contribution < -0.4 is 10.5 Å². The number of carbonyl (C=O) groups excluding carboxylic acids is 3. The van der Waals surface area contributed by atoms with E-state index in [1.807, 2.05) is 4.90 Å². The molecule has 0 aliphatic carbocycles. The number of carbonyl (C=O) groups is 3. The molecule has 0 aromatic heterocycles. The second-order valence-corrected chi connectivity index (χ2v) is 13.2. The molecule has 0 saturated carbocycles. The van der Waals surface area contributed by atoms with Crippen LogP contribution in [0.3, 0.4) is 0 Å². The molecule has 5 atom stereocenters. The maximum absolute atomic E-state index is 13.4. The molecule has 0 aromatic carbocycles. The largest absolute Gasteiger partial charge is 0.353 e. The SMILES string of the molecule is CC(C)[C@@H]1CC[C@@H](C)CC(=O)N2C[C@H]3C[C@H](CN(C(=O)CCCS(N)(=O)=O)C3)[C@@H]2CCCC(=O)N1. The van der Waals surface area contributed by atoms with Gasteiger partial charge in [-0.1, -0.05) is 20.8 Å². The van der Waals surface area contributed by atoms with Crippen LogP contribution >= 0.6 is 0 Å². The predicted octanol–water partition coefficient (Wildman–Crippen LogP) is 1.86. The first-order chi connectivity index (χ1) is 16.4. The summed E-state index contributed by atoms with van der Waals surface area (Å²) in [5, 5.41) is 8.28. The third kappa shape index (κ3) is 8.17. The van der Waals surface area contributed by atoms with Crippen molar-refractivity contribution in [1.82, 2.24) is 15.1 Å². The molecule has 3 N–H and O–H groups in total. The second-order valence-electron chi connectivity index (χ2n) is 11.4. The van der Waals surface area contributed by atoms with E-state index in [0.29, 0.717) is 44.8 Å². The van der Waals surface area contributed by atoms with E-state index in [2.05, 4.69) is 31.0 Å². The van der Waals surface area contributed by atoms with E-state index in [9.17, 15) is 22.8 Å². The number of hydrogen-bond acceptors (Lipinski definition) is 5. The first-order valence-corrected chi connectivity index (χ1v) is 15.0. The van der Waals surface area contributed by atoms with Gasteiger partial charge in [-0.2, -0.15) is 0 Å². The predicted molar refractivity (Wildman–Crippen MR) is 135 cm³/mol. The maximum Gasteiger partial charge on any atom is 0.223 e. The van der Waals surface area contributed by atoms with E-state index < -0.39 is 10.0 Å². The highest BCUT2D eigenvalue weighted by molar-refractivity contribution is 7.89. The lowest BCUT2D eigenvalue weighted by Gasteiger charge is -2.51. The zero-order chi connectivity index (χ0) is 25.8. The average Bonchev–Trinajstić information content (AvgIpc) is 2.76. The van der Waals surface area contributed by atoms with Crippen molar-refractivity contribution in [3.05, 3.63) is 0 Å². The minimum Gasteiger partial charge on any atom is -0.353 e. The first kappa shape index (κ1) is 27.9. The lowest BCUT2D eigenvalue weighted by Crippen LogP contribution is -2.60. The lowest BCUT2D eigenvalue weighted by molar-refractivity contribution is -0.146. The Morgan fingerprint density at radius 3 is 2.57 bits per heavy atom. The summed E-state index contributed by atoms with van der Waals surface area (Å²) >= 11 is 0. The standard InChI is InChI=1S/C25H44N4O5S/c1-17(2)21-10-9-18(3)12-25(32)29-15-19-13-20(22(29)6-4-7-23(30)27-21)16-28(14-19)24(31)8-5-11-35(26,33)34/h17-22H,4-16H2,1-3H3,(H,27,30)(H2,26,33,34)/t18-,19+,20-,21+,22+/m1/s1. The van der Waals surface area contributed by atoms with Crippen molar-refractivity contribution in [3.8, 4) is 0 Å². The van der Waals surface area contributed by atoms with Crippen molar-refractivity contribution < 1.29 is 22.8 Å². The number of nitrogens with zero attached hydrogens (tertiary/aromatic N) is 2. The van der Waals surface area contributed by atoms with Gasteiger partial charge in [0.2, 0.25) is 27.7 Å². The third-order valence-corrected chi connectivity index (χ3v) is 8.87. The van der Waals surface area contributed by atoms with Gasteiger partial charge in [0.15, 0.2) is 0 Å². The van der Waals surface area contributed by atoms with E-state index in [0.717, 1.165) is 25.7 Å². The Bertz CT molecular complexity index is 877. The number of nitrogens with one attached hydrogen (secondary N) is 1. The molecule has 0 spiro atoms. The van der Waals surface area contributed by atoms with Crippen LogP contribution in [-0.4, -0.2) is 73.4 Å². The molecule has 3 aliphatic rings. The van der Waals surface area contributed by atoms with E-state index in [-0.39, 0.29) is 66.2 Å². The van der Waals surface area contributed by atoms with Crippen molar-refractivity contribution >= 4 is 27.7 Å². The number of piperidine rings is 2. The fourth-order valence-corrected chi connectivity index (χ4v) is 6.64. The van der Waals surface area contributed by atoms with Crippen molar-refractivity contribution in [2.75, 3.05) is 25.4 Å². The van der Waals surface area contributed by atoms with Crippen LogP contribution in [-0.2, 0) is 24.4 Å². The summed E-state index contributed by atoms with van der Waals surface area (Å²) in [6.45, 7) is 8.21. The van der Waals surface area contributed by atoms with E-state index in [1.165, 1.54) is 0 Å². The fraction of sp³-hybridized carbons (Fsp3) is 0.880. The van der Waals surface area contributed by atoms with Gasteiger partial charge in [-0.25, -0.2) is 13.6 Å². The molecular formula is C25H44N4O5S. The van der Waals surface area contributed by atoms with Gasteiger partial charge >= 0.3 is 0 Å². The molecular weight excluding hydrogens is 468 g/mol. The van der Waals surface area contributed by atoms with Crippen LogP contribution in [0.25, 0.3) is 0 Å². The van der Waals surface area contributed by atoms with Gasteiger partial charge in [-0.3, -0.25) is 14.4 Å². The number of sulfonamides is 1. The summed E-state index contributed by atoms with van der Waals surface area (Å²) in [5.74, 6) is 1.06. The molecule has 0 unspecified atom stereocenters. The highest BCUT2D eigenvalue weighted by Crippen LogP contribution is 2.36. The molecule has 9 nitrogen and oxygen atoms in total. The molecule has 2 bridgehead atoms.